The van der Waals surface area contributed by atoms with Crippen molar-refractivity contribution in [2.75, 3.05) is 6.61 Å². The lowest BCUT2D eigenvalue weighted by atomic mass is 10.1. The molecule has 28 heavy (non-hydrogen) atoms. The number of hydrogen-bond acceptors (Lipinski definition) is 4. The number of carbonyl (C=O) groups is 2. The quantitative estimate of drug-likeness (QED) is 0.566. The Morgan fingerprint density at radius 2 is 1.21 bits per heavy atom. The van der Waals surface area contributed by atoms with E-state index in [2.05, 4.69) is 0 Å². The van der Waals surface area contributed by atoms with Crippen molar-refractivity contribution in [3.63, 3.8) is 0 Å². The fraction of sp³-hybridized carbons (Fsp3) is 0.167. The summed E-state index contributed by atoms with van der Waals surface area (Å²) in [7, 11) is 0. The largest absolute Gasteiger partial charge is 0.458 e. The fourth-order valence-electron chi connectivity index (χ4n) is 2.68. The van der Waals surface area contributed by atoms with Crippen LogP contribution in [-0.2, 0) is 9.47 Å². The van der Waals surface area contributed by atoms with Gasteiger partial charge >= 0.3 is 11.9 Å². The van der Waals surface area contributed by atoms with Crippen molar-refractivity contribution >= 4 is 11.9 Å². The second kappa shape index (κ2) is 9.00. The zero-order valence-electron chi connectivity index (χ0n) is 15.9. The van der Waals surface area contributed by atoms with Gasteiger partial charge in [0, 0.05) is 0 Å². The van der Waals surface area contributed by atoms with Crippen LogP contribution in [0.2, 0.25) is 0 Å². The topological polar surface area (TPSA) is 52.6 Å². The van der Waals surface area contributed by atoms with Crippen molar-refractivity contribution in [2.45, 2.75) is 20.0 Å². The molecule has 0 saturated heterocycles. The number of aryl methyl sites for hydroxylation is 2. The lowest BCUT2D eigenvalue weighted by Crippen LogP contribution is -2.19. The molecule has 1 atom stereocenters. The first-order chi connectivity index (χ1) is 13.5. The highest BCUT2D eigenvalue weighted by Crippen LogP contribution is 2.21. The molecule has 0 aromatic heterocycles. The lowest BCUT2D eigenvalue weighted by Gasteiger charge is -2.18. The van der Waals surface area contributed by atoms with Gasteiger partial charge in [-0.25, -0.2) is 9.59 Å². The van der Waals surface area contributed by atoms with Gasteiger partial charge in [0.15, 0.2) is 6.10 Å². The number of hydrogen-bond donors (Lipinski definition) is 0. The zero-order valence-corrected chi connectivity index (χ0v) is 15.9. The normalized spacial score (nSPS) is 11.5. The molecule has 0 radical (unpaired) electrons. The van der Waals surface area contributed by atoms with Crippen LogP contribution in [0, 0.1) is 13.8 Å². The molecule has 3 aromatic rings. The van der Waals surface area contributed by atoms with Crippen molar-refractivity contribution in [2.24, 2.45) is 0 Å². The Hall–Kier alpha value is -3.40. The summed E-state index contributed by atoms with van der Waals surface area (Å²) in [6, 6.07) is 23.5. The van der Waals surface area contributed by atoms with Crippen LogP contribution in [0.25, 0.3) is 0 Å². The van der Waals surface area contributed by atoms with Crippen molar-refractivity contribution in [3.05, 3.63) is 107 Å². The van der Waals surface area contributed by atoms with Gasteiger partial charge in [0.2, 0.25) is 0 Å². The Labute approximate surface area is 164 Å². The molecular formula is C24H22O4. The van der Waals surface area contributed by atoms with E-state index in [1.165, 1.54) is 0 Å². The molecule has 0 spiro atoms. The predicted octanol–water partition coefficient (Wildman–Crippen LogP) is 5.06. The summed E-state index contributed by atoms with van der Waals surface area (Å²) in [6.07, 6.45) is -0.690. The molecule has 0 heterocycles. The number of esters is 2. The second-order valence-electron chi connectivity index (χ2n) is 6.64. The fourth-order valence-corrected chi connectivity index (χ4v) is 2.68. The van der Waals surface area contributed by atoms with Gasteiger partial charge in [0.25, 0.3) is 0 Å². The highest BCUT2D eigenvalue weighted by atomic mass is 16.6. The first-order valence-electron chi connectivity index (χ1n) is 9.09. The van der Waals surface area contributed by atoms with Crippen LogP contribution in [0.15, 0.2) is 78.9 Å². The van der Waals surface area contributed by atoms with Gasteiger partial charge in [-0.05, 0) is 43.7 Å². The molecule has 0 aliphatic rings. The molecular weight excluding hydrogens is 352 g/mol. The molecule has 0 bridgehead atoms. The van der Waals surface area contributed by atoms with Crippen molar-refractivity contribution < 1.29 is 19.1 Å². The summed E-state index contributed by atoms with van der Waals surface area (Å²) in [4.78, 5) is 24.9. The third-order valence-corrected chi connectivity index (χ3v) is 4.36. The smallest absolute Gasteiger partial charge is 0.338 e. The van der Waals surface area contributed by atoms with Gasteiger partial charge < -0.3 is 9.47 Å². The van der Waals surface area contributed by atoms with E-state index < -0.39 is 18.0 Å². The SMILES string of the molecule is Cc1ccc(C(=O)OCC(OC(=O)c2ccc(C)cc2)c2ccccc2)cc1. The minimum absolute atomic E-state index is 0.0612. The van der Waals surface area contributed by atoms with Crippen LogP contribution >= 0.6 is 0 Å². The summed E-state index contributed by atoms with van der Waals surface area (Å²) in [5.41, 5.74) is 3.80. The lowest BCUT2D eigenvalue weighted by molar-refractivity contribution is -0.00133. The Morgan fingerprint density at radius 3 is 1.75 bits per heavy atom. The molecule has 0 aliphatic carbocycles. The Kier molecular flexibility index (Phi) is 6.22. The first-order valence-corrected chi connectivity index (χ1v) is 9.09. The maximum atomic E-state index is 12.5. The van der Waals surface area contributed by atoms with Crippen molar-refractivity contribution in [1.29, 1.82) is 0 Å². The predicted molar refractivity (Wildman–Crippen MR) is 107 cm³/mol. The van der Waals surface area contributed by atoms with E-state index in [-0.39, 0.29) is 6.61 Å². The second-order valence-corrected chi connectivity index (χ2v) is 6.64. The molecule has 1 unspecified atom stereocenters. The van der Waals surface area contributed by atoms with Crippen LogP contribution < -0.4 is 0 Å². The van der Waals surface area contributed by atoms with Crippen LogP contribution in [0.1, 0.15) is 43.5 Å². The van der Waals surface area contributed by atoms with Crippen LogP contribution in [-0.4, -0.2) is 18.5 Å². The van der Waals surface area contributed by atoms with E-state index in [0.717, 1.165) is 16.7 Å². The van der Waals surface area contributed by atoms with E-state index in [1.807, 2.05) is 68.4 Å². The van der Waals surface area contributed by atoms with Crippen LogP contribution in [0.4, 0.5) is 0 Å². The molecule has 3 aromatic carbocycles. The molecule has 0 saturated carbocycles. The Bertz CT molecular complexity index is 929. The first kappa shape index (κ1) is 19.4. The minimum Gasteiger partial charge on any atom is -0.458 e. The van der Waals surface area contributed by atoms with E-state index in [1.54, 1.807) is 24.3 Å². The number of benzene rings is 3. The molecule has 3 rings (SSSR count). The molecule has 0 fully saturated rings. The summed E-state index contributed by atoms with van der Waals surface area (Å²) in [5.74, 6) is -0.910. The van der Waals surface area contributed by atoms with E-state index in [9.17, 15) is 9.59 Å². The van der Waals surface area contributed by atoms with Gasteiger partial charge in [0.1, 0.15) is 6.61 Å². The number of rotatable bonds is 6. The third-order valence-electron chi connectivity index (χ3n) is 4.36. The Balaban J connectivity index is 1.72. The van der Waals surface area contributed by atoms with Gasteiger partial charge in [-0.3, -0.25) is 0 Å². The average Bonchev–Trinajstić information content (AvgIpc) is 2.72. The highest BCUT2D eigenvalue weighted by molar-refractivity contribution is 5.90. The zero-order chi connectivity index (χ0) is 19.9. The van der Waals surface area contributed by atoms with Crippen molar-refractivity contribution in [3.8, 4) is 0 Å². The summed E-state index contributed by atoms with van der Waals surface area (Å²) >= 11 is 0. The average molecular weight is 374 g/mol. The molecule has 142 valence electrons. The molecule has 0 N–H and O–H groups in total. The number of ether oxygens (including phenoxy) is 2. The van der Waals surface area contributed by atoms with Gasteiger partial charge in [-0.2, -0.15) is 0 Å². The van der Waals surface area contributed by atoms with E-state index in [4.69, 9.17) is 9.47 Å². The van der Waals surface area contributed by atoms with Gasteiger partial charge in [-0.1, -0.05) is 65.7 Å². The summed E-state index contributed by atoms with van der Waals surface area (Å²) < 4.78 is 11.1. The highest BCUT2D eigenvalue weighted by Gasteiger charge is 2.20. The Morgan fingerprint density at radius 1 is 0.714 bits per heavy atom. The summed E-state index contributed by atoms with van der Waals surface area (Å²) in [5, 5.41) is 0. The third kappa shape index (κ3) is 5.07. The minimum atomic E-state index is -0.690. The molecule has 4 heteroatoms. The standard InChI is InChI=1S/C24H22O4/c1-17-8-12-20(13-9-17)23(25)27-16-22(19-6-4-3-5-7-19)28-24(26)21-14-10-18(2)11-15-21/h3-15,22H,16H2,1-2H3. The van der Waals surface area contributed by atoms with E-state index >= 15 is 0 Å². The maximum Gasteiger partial charge on any atom is 0.338 e. The van der Waals surface area contributed by atoms with Crippen LogP contribution in [0.5, 0.6) is 0 Å². The van der Waals surface area contributed by atoms with Gasteiger partial charge in [0.05, 0.1) is 11.1 Å². The molecule has 4 nitrogen and oxygen atoms in total. The summed E-state index contributed by atoms with van der Waals surface area (Å²) in [6.45, 7) is 3.84. The van der Waals surface area contributed by atoms with Crippen molar-refractivity contribution in [1.82, 2.24) is 0 Å². The molecule has 0 aliphatic heterocycles. The molecule has 0 amide bonds. The monoisotopic (exact) mass is 374 g/mol. The van der Waals surface area contributed by atoms with Gasteiger partial charge in [-0.15, -0.1) is 0 Å². The number of carbonyl (C=O) groups excluding carboxylic acids is 2. The maximum absolute atomic E-state index is 12.5. The van der Waals surface area contributed by atoms with E-state index in [0.29, 0.717) is 11.1 Å². The van der Waals surface area contributed by atoms with Crippen LogP contribution in [0.3, 0.4) is 0 Å².